The Bertz CT molecular complexity index is 430. The average Bonchev–Trinajstić information content (AvgIpc) is 2.39. The van der Waals surface area contributed by atoms with Crippen molar-refractivity contribution >= 4 is 27.5 Å². The summed E-state index contributed by atoms with van der Waals surface area (Å²) in [6.45, 7) is 0. The third-order valence-corrected chi connectivity index (χ3v) is 4.30. The molecule has 104 valence electrons. The molecule has 1 fully saturated rings. The maximum absolute atomic E-state index is 11.6. The van der Waals surface area contributed by atoms with E-state index < -0.39 is 0 Å². The molecule has 1 aliphatic carbocycles. The first kappa shape index (κ1) is 14.4. The van der Waals surface area contributed by atoms with Crippen molar-refractivity contribution in [1.29, 1.82) is 0 Å². The smallest absolute Gasteiger partial charge is 0.239 e. The van der Waals surface area contributed by atoms with E-state index in [0.29, 0.717) is 5.92 Å². The molecule has 1 aromatic carbocycles. The molecule has 0 radical (unpaired) electrons. The van der Waals surface area contributed by atoms with Gasteiger partial charge in [0.25, 0.3) is 0 Å². The third kappa shape index (κ3) is 4.53. The summed E-state index contributed by atoms with van der Waals surface area (Å²) in [5, 5.41) is 3.26. The molecule has 1 aliphatic rings. The zero-order chi connectivity index (χ0) is 13.7. The number of nitrogens with one attached hydrogen (secondary N) is 1. The van der Waals surface area contributed by atoms with Crippen molar-refractivity contribution in [3.63, 3.8) is 0 Å². The van der Waals surface area contributed by atoms with Gasteiger partial charge in [0, 0.05) is 10.2 Å². The van der Waals surface area contributed by atoms with Crippen molar-refractivity contribution in [1.82, 2.24) is 0 Å². The molecule has 1 aromatic rings. The number of primary amides is 1. The lowest BCUT2D eigenvalue weighted by Gasteiger charge is -2.26. The molecule has 0 aromatic heterocycles. The normalized spacial score (nSPS) is 17.9. The first-order chi connectivity index (χ1) is 9.15. The number of hydrogen-bond acceptors (Lipinski definition) is 2. The van der Waals surface area contributed by atoms with Crippen molar-refractivity contribution in [3.8, 4) is 0 Å². The standard InChI is InChI=1S/C15H21BrN2O/c16-12-7-4-8-13(10-12)18-14(15(17)19)9-11-5-2-1-3-6-11/h4,7-8,10-11,14,18H,1-3,5-6,9H2,(H2,17,19). The molecule has 1 amide bonds. The van der Waals surface area contributed by atoms with Gasteiger partial charge in [0.1, 0.15) is 6.04 Å². The van der Waals surface area contributed by atoms with Gasteiger partial charge in [-0.1, -0.05) is 54.1 Å². The highest BCUT2D eigenvalue weighted by Gasteiger charge is 2.22. The summed E-state index contributed by atoms with van der Waals surface area (Å²) in [5.41, 5.74) is 6.47. The zero-order valence-corrected chi connectivity index (χ0v) is 12.7. The van der Waals surface area contributed by atoms with Crippen LogP contribution < -0.4 is 11.1 Å². The zero-order valence-electron chi connectivity index (χ0n) is 11.1. The monoisotopic (exact) mass is 324 g/mol. The molecular formula is C15H21BrN2O. The average molecular weight is 325 g/mol. The van der Waals surface area contributed by atoms with Gasteiger partial charge in [0.05, 0.1) is 0 Å². The Morgan fingerprint density at radius 1 is 1.37 bits per heavy atom. The van der Waals surface area contributed by atoms with Crippen molar-refractivity contribution in [2.45, 2.75) is 44.6 Å². The van der Waals surface area contributed by atoms with Crippen LogP contribution in [-0.4, -0.2) is 11.9 Å². The van der Waals surface area contributed by atoms with Crippen LogP contribution in [0.3, 0.4) is 0 Å². The number of rotatable bonds is 5. The number of halogens is 1. The summed E-state index contributed by atoms with van der Waals surface area (Å²) >= 11 is 3.43. The van der Waals surface area contributed by atoms with E-state index in [0.717, 1.165) is 16.6 Å². The highest BCUT2D eigenvalue weighted by Crippen LogP contribution is 2.28. The summed E-state index contributed by atoms with van der Waals surface area (Å²) in [6, 6.07) is 7.58. The number of nitrogens with two attached hydrogens (primary N) is 1. The Morgan fingerprint density at radius 2 is 2.11 bits per heavy atom. The largest absolute Gasteiger partial charge is 0.374 e. The fraction of sp³-hybridized carbons (Fsp3) is 0.533. The highest BCUT2D eigenvalue weighted by molar-refractivity contribution is 9.10. The molecular weight excluding hydrogens is 304 g/mol. The number of carbonyl (C=O) groups excluding carboxylic acids is 1. The van der Waals surface area contributed by atoms with Gasteiger partial charge in [-0.15, -0.1) is 0 Å². The fourth-order valence-electron chi connectivity index (χ4n) is 2.78. The maximum Gasteiger partial charge on any atom is 0.239 e. The van der Waals surface area contributed by atoms with Crippen LogP contribution in [0.25, 0.3) is 0 Å². The fourth-order valence-corrected chi connectivity index (χ4v) is 3.18. The van der Waals surface area contributed by atoms with Crippen LogP contribution >= 0.6 is 15.9 Å². The highest BCUT2D eigenvalue weighted by atomic mass is 79.9. The minimum Gasteiger partial charge on any atom is -0.374 e. The Kier molecular flexibility index (Phi) is 5.25. The second-order valence-corrected chi connectivity index (χ2v) is 6.27. The van der Waals surface area contributed by atoms with Gasteiger partial charge in [-0.3, -0.25) is 4.79 Å². The van der Waals surface area contributed by atoms with Crippen molar-refractivity contribution in [2.75, 3.05) is 5.32 Å². The van der Waals surface area contributed by atoms with E-state index in [1.165, 1.54) is 32.1 Å². The number of anilines is 1. The molecule has 1 atom stereocenters. The van der Waals surface area contributed by atoms with E-state index in [1.807, 2.05) is 24.3 Å². The molecule has 1 saturated carbocycles. The van der Waals surface area contributed by atoms with Crippen molar-refractivity contribution in [3.05, 3.63) is 28.7 Å². The van der Waals surface area contributed by atoms with Crippen molar-refractivity contribution < 1.29 is 4.79 Å². The van der Waals surface area contributed by atoms with E-state index in [2.05, 4.69) is 21.2 Å². The van der Waals surface area contributed by atoms with E-state index in [9.17, 15) is 4.79 Å². The van der Waals surface area contributed by atoms with Crippen LogP contribution in [0.2, 0.25) is 0 Å². The number of carbonyl (C=O) groups is 1. The number of benzene rings is 1. The first-order valence-electron chi connectivity index (χ1n) is 6.96. The van der Waals surface area contributed by atoms with Gasteiger partial charge >= 0.3 is 0 Å². The van der Waals surface area contributed by atoms with Gasteiger partial charge in [0.2, 0.25) is 5.91 Å². The van der Waals surface area contributed by atoms with Crippen LogP contribution in [0.15, 0.2) is 28.7 Å². The van der Waals surface area contributed by atoms with Crippen LogP contribution in [0, 0.1) is 5.92 Å². The molecule has 3 nitrogen and oxygen atoms in total. The second kappa shape index (κ2) is 6.94. The third-order valence-electron chi connectivity index (χ3n) is 3.80. The van der Waals surface area contributed by atoms with E-state index in [1.54, 1.807) is 0 Å². The maximum atomic E-state index is 11.6. The molecule has 0 bridgehead atoms. The van der Waals surface area contributed by atoms with Crippen LogP contribution in [0.1, 0.15) is 38.5 Å². The number of hydrogen-bond donors (Lipinski definition) is 2. The van der Waals surface area contributed by atoms with E-state index >= 15 is 0 Å². The minimum absolute atomic E-state index is 0.259. The Labute approximate surface area is 123 Å². The lowest BCUT2D eigenvalue weighted by atomic mass is 9.84. The predicted molar refractivity (Wildman–Crippen MR) is 81.9 cm³/mol. The number of amides is 1. The lowest BCUT2D eigenvalue weighted by Crippen LogP contribution is -2.37. The Morgan fingerprint density at radius 3 is 2.74 bits per heavy atom. The Balaban J connectivity index is 1.97. The van der Waals surface area contributed by atoms with E-state index in [-0.39, 0.29) is 11.9 Å². The van der Waals surface area contributed by atoms with Crippen LogP contribution in [0.4, 0.5) is 5.69 Å². The molecule has 2 rings (SSSR count). The molecule has 1 unspecified atom stereocenters. The van der Waals surface area contributed by atoms with Gasteiger partial charge in [0.15, 0.2) is 0 Å². The first-order valence-corrected chi connectivity index (χ1v) is 7.76. The predicted octanol–water partition coefficient (Wildman–Crippen LogP) is 3.69. The summed E-state index contributed by atoms with van der Waals surface area (Å²) in [4.78, 5) is 11.6. The molecule has 0 saturated heterocycles. The minimum atomic E-state index is -0.266. The topological polar surface area (TPSA) is 55.1 Å². The summed E-state index contributed by atoms with van der Waals surface area (Å²) in [7, 11) is 0. The van der Waals surface area contributed by atoms with Crippen LogP contribution in [0.5, 0.6) is 0 Å². The van der Waals surface area contributed by atoms with Gasteiger partial charge < -0.3 is 11.1 Å². The van der Waals surface area contributed by atoms with Crippen LogP contribution in [-0.2, 0) is 4.79 Å². The second-order valence-electron chi connectivity index (χ2n) is 5.35. The summed E-state index contributed by atoms with van der Waals surface area (Å²) in [5.74, 6) is 0.372. The molecule has 0 aliphatic heterocycles. The van der Waals surface area contributed by atoms with Gasteiger partial charge in [-0.2, -0.15) is 0 Å². The molecule has 19 heavy (non-hydrogen) atoms. The molecule has 3 N–H and O–H groups in total. The van der Waals surface area contributed by atoms with Gasteiger partial charge in [-0.25, -0.2) is 0 Å². The Hall–Kier alpha value is -1.03. The quantitative estimate of drug-likeness (QED) is 0.867. The van der Waals surface area contributed by atoms with E-state index in [4.69, 9.17) is 5.73 Å². The lowest BCUT2D eigenvalue weighted by molar-refractivity contribution is -0.119. The SMILES string of the molecule is NC(=O)C(CC1CCCCC1)Nc1cccc(Br)c1. The van der Waals surface area contributed by atoms with Crippen molar-refractivity contribution in [2.24, 2.45) is 11.7 Å². The summed E-state index contributed by atoms with van der Waals surface area (Å²) in [6.07, 6.45) is 7.20. The van der Waals surface area contributed by atoms with Gasteiger partial charge in [-0.05, 0) is 30.5 Å². The molecule has 0 heterocycles. The molecule has 0 spiro atoms. The molecule has 4 heteroatoms. The summed E-state index contributed by atoms with van der Waals surface area (Å²) < 4.78 is 0.999.